The van der Waals surface area contributed by atoms with Crippen LogP contribution in [0.1, 0.15) is 21.6 Å². The van der Waals surface area contributed by atoms with Gasteiger partial charge in [0.1, 0.15) is 0 Å². The number of nitrogens with zero attached hydrogens (tertiary/aromatic N) is 1. The smallest absolute Gasteiger partial charge is 0.250 e. The molecule has 0 saturated heterocycles. The van der Waals surface area contributed by atoms with Gasteiger partial charge in [0.05, 0.1) is 29.2 Å². The van der Waals surface area contributed by atoms with Gasteiger partial charge in [-0.2, -0.15) is 0 Å². The summed E-state index contributed by atoms with van der Waals surface area (Å²) in [6, 6.07) is 8.93. The number of carbonyl (C=O) groups excluding carboxylic acids is 1. The molecule has 19 heavy (non-hydrogen) atoms. The van der Waals surface area contributed by atoms with E-state index in [2.05, 4.69) is 10.3 Å². The predicted molar refractivity (Wildman–Crippen MR) is 75.7 cm³/mol. The highest BCUT2D eigenvalue weighted by Gasteiger charge is 2.11. The monoisotopic (exact) mass is 256 g/mol. The third kappa shape index (κ3) is 2.82. The second-order valence-electron chi connectivity index (χ2n) is 4.25. The van der Waals surface area contributed by atoms with Gasteiger partial charge < -0.3 is 16.8 Å². The summed E-state index contributed by atoms with van der Waals surface area (Å²) >= 11 is 0. The third-order valence-electron chi connectivity index (χ3n) is 2.91. The lowest BCUT2D eigenvalue weighted by Crippen LogP contribution is -2.16. The largest absolute Gasteiger partial charge is 0.397 e. The van der Waals surface area contributed by atoms with Crippen LogP contribution < -0.4 is 16.8 Å². The van der Waals surface area contributed by atoms with Gasteiger partial charge in [-0.05, 0) is 30.7 Å². The molecular weight excluding hydrogens is 240 g/mol. The number of nitrogen functional groups attached to an aromatic ring is 1. The molecule has 1 heterocycles. The Balaban J connectivity index is 2.25. The number of rotatable bonds is 4. The Hall–Kier alpha value is -2.56. The molecule has 0 atom stereocenters. The van der Waals surface area contributed by atoms with E-state index in [1.165, 1.54) is 0 Å². The van der Waals surface area contributed by atoms with E-state index >= 15 is 0 Å². The number of nitrogens with one attached hydrogen (secondary N) is 1. The first-order chi connectivity index (χ1) is 9.09. The number of carbonyl (C=O) groups is 1. The molecule has 0 bridgehead atoms. The molecule has 0 spiro atoms. The van der Waals surface area contributed by atoms with E-state index in [0.29, 0.717) is 23.5 Å². The van der Waals surface area contributed by atoms with Crippen LogP contribution in [-0.4, -0.2) is 10.9 Å². The molecule has 0 aliphatic carbocycles. The van der Waals surface area contributed by atoms with Crippen LogP contribution in [0.3, 0.4) is 0 Å². The molecule has 0 aliphatic heterocycles. The molecule has 1 aromatic heterocycles. The highest BCUT2D eigenvalue weighted by Crippen LogP contribution is 2.23. The zero-order valence-electron chi connectivity index (χ0n) is 10.7. The summed E-state index contributed by atoms with van der Waals surface area (Å²) in [5.74, 6) is -0.507. The van der Waals surface area contributed by atoms with Gasteiger partial charge in [0, 0.05) is 6.20 Å². The predicted octanol–water partition coefficient (Wildman–Crippen LogP) is 1.68. The van der Waals surface area contributed by atoms with Gasteiger partial charge in [0.25, 0.3) is 5.91 Å². The average Bonchev–Trinajstić information content (AvgIpc) is 2.38. The van der Waals surface area contributed by atoms with Crippen molar-refractivity contribution in [2.45, 2.75) is 13.5 Å². The standard InChI is InChI=1S/C14H16N4O/c1-9-4-3-7-17-12(9)8-18-13-10(14(16)19)5-2-6-11(13)15/h2-7,18H,8,15H2,1H3,(H2,16,19). The second-order valence-corrected chi connectivity index (χ2v) is 4.25. The lowest BCUT2D eigenvalue weighted by Gasteiger charge is -2.13. The van der Waals surface area contributed by atoms with Crippen LogP contribution in [0.25, 0.3) is 0 Å². The number of benzene rings is 1. The molecule has 5 heteroatoms. The van der Waals surface area contributed by atoms with Crippen LogP contribution in [0.2, 0.25) is 0 Å². The van der Waals surface area contributed by atoms with Gasteiger partial charge in [0.15, 0.2) is 0 Å². The first-order valence-corrected chi connectivity index (χ1v) is 5.92. The lowest BCUT2D eigenvalue weighted by molar-refractivity contribution is 0.100. The maximum absolute atomic E-state index is 11.4. The van der Waals surface area contributed by atoms with Gasteiger partial charge in [-0.3, -0.25) is 9.78 Å². The summed E-state index contributed by atoms with van der Waals surface area (Å²) in [4.78, 5) is 15.6. The van der Waals surface area contributed by atoms with E-state index in [1.807, 2.05) is 19.1 Å². The van der Waals surface area contributed by atoms with Gasteiger partial charge in [-0.1, -0.05) is 12.1 Å². The molecule has 5 nitrogen and oxygen atoms in total. The fourth-order valence-electron chi connectivity index (χ4n) is 1.85. The molecule has 98 valence electrons. The van der Waals surface area contributed by atoms with Crippen LogP contribution in [0.4, 0.5) is 11.4 Å². The number of aromatic nitrogens is 1. The average molecular weight is 256 g/mol. The molecule has 1 aromatic carbocycles. The molecule has 1 amide bonds. The normalized spacial score (nSPS) is 10.2. The second kappa shape index (κ2) is 5.39. The van der Waals surface area contributed by atoms with Crippen molar-refractivity contribution in [3.05, 3.63) is 53.3 Å². The molecule has 0 saturated carbocycles. The van der Waals surface area contributed by atoms with Crippen LogP contribution in [0.15, 0.2) is 36.5 Å². The number of primary amides is 1. The molecule has 2 rings (SSSR count). The van der Waals surface area contributed by atoms with Crippen molar-refractivity contribution >= 4 is 17.3 Å². The topological polar surface area (TPSA) is 94.0 Å². The Morgan fingerprint density at radius 2 is 2.11 bits per heavy atom. The Morgan fingerprint density at radius 3 is 2.79 bits per heavy atom. The number of hydrogen-bond donors (Lipinski definition) is 3. The maximum atomic E-state index is 11.4. The van der Waals surface area contributed by atoms with Crippen LogP contribution in [0, 0.1) is 6.92 Å². The molecular formula is C14H16N4O. The van der Waals surface area contributed by atoms with Crippen molar-refractivity contribution in [1.29, 1.82) is 0 Å². The number of aryl methyl sites for hydroxylation is 1. The summed E-state index contributed by atoms with van der Waals surface area (Å²) in [5.41, 5.74) is 14.6. The minimum absolute atomic E-state index is 0.383. The molecule has 0 unspecified atom stereocenters. The van der Waals surface area contributed by atoms with E-state index in [1.54, 1.807) is 24.4 Å². The molecule has 0 radical (unpaired) electrons. The zero-order chi connectivity index (χ0) is 13.8. The molecule has 2 aromatic rings. The SMILES string of the molecule is Cc1cccnc1CNc1c(N)cccc1C(N)=O. The third-order valence-corrected chi connectivity index (χ3v) is 2.91. The quantitative estimate of drug-likeness (QED) is 0.725. The van der Waals surface area contributed by atoms with Gasteiger partial charge >= 0.3 is 0 Å². The van der Waals surface area contributed by atoms with Crippen molar-refractivity contribution in [2.24, 2.45) is 5.73 Å². The fraction of sp³-hybridized carbons (Fsp3) is 0.143. The summed E-state index contributed by atoms with van der Waals surface area (Å²) in [6.45, 7) is 2.47. The number of para-hydroxylation sites is 1. The number of anilines is 2. The van der Waals surface area contributed by atoms with Crippen LogP contribution in [-0.2, 0) is 6.54 Å². The fourth-order valence-corrected chi connectivity index (χ4v) is 1.85. The van der Waals surface area contributed by atoms with Crippen molar-refractivity contribution in [3.63, 3.8) is 0 Å². The summed E-state index contributed by atoms with van der Waals surface area (Å²) < 4.78 is 0. The van der Waals surface area contributed by atoms with Crippen LogP contribution >= 0.6 is 0 Å². The summed E-state index contributed by atoms with van der Waals surface area (Å²) in [6.07, 6.45) is 1.73. The Bertz CT molecular complexity index is 610. The zero-order valence-corrected chi connectivity index (χ0v) is 10.7. The van der Waals surface area contributed by atoms with Gasteiger partial charge in [-0.15, -0.1) is 0 Å². The number of nitrogens with two attached hydrogens (primary N) is 2. The number of pyridine rings is 1. The van der Waals surface area contributed by atoms with Crippen molar-refractivity contribution in [1.82, 2.24) is 4.98 Å². The van der Waals surface area contributed by atoms with E-state index in [0.717, 1.165) is 11.3 Å². The van der Waals surface area contributed by atoms with Crippen molar-refractivity contribution in [3.8, 4) is 0 Å². The molecule has 5 N–H and O–H groups in total. The summed E-state index contributed by atoms with van der Waals surface area (Å²) in [5, 5.41) is 3.13. The minimum atomic E-state index is -0.507. The Morgan fingerprint density at radius 1 is 1.32 bits per heavy atom. The van der Waals surface area contributed by atoms with Crippen molar-refractivity contribution < 1.29 is 4.79 Å². The van der Waals surface area contributed by atoms with E-state index in [9.17, 15) is 4.79 Å². The first-order valence-electron chi connectivity index (χ1n) is 5.92. The first kappa shape index (κ1) is 12.9. The molecule has 0 aliphatic rings. The number of hydrogen-bond acceptors (Lipinski definition) is 4. The van der Waals surface area contributed by atoms with Gasteiger partial charge in [-0.25, -0.2) is 0 Å². The maximum Gasteiger partial charge on any atom is 0.250 e. The van der Waals surface area contributed by atoms with E-state index < -0.39 is 5.91 Å². The molecule has 0 fully saturated rings. The van der Waals surface area contributed by atoms with Crippen LogP contribution in [0.5, 0.6) is 0 Å². The van der Waals surface area contributed by atoms with E-state index in [-0.39, 0.29) is 0 Å². The minimum Gasteiger partial charge on any atom is -0.397 e. The summed E-state index contributed by atoms with van der Waals surface area (Å²) in [7, 11) is 0. The highest BCUT2D eigenvalue weighted by atomic mass is 16.1. The Labute approximate surface area is 111 Å². The highest BCUT2D eigenvalue weighted by molar-refractivity contribution is 6.01. The lowest BCUT2D eigenvalue weighted by atomic mass is 10.1. The van der Waals surface area contributed by atoms with Gasteiger partial charge in [0.2, 0.25) is 0 Å². The number of amides is 1. The Kier molecular flexibility index (Phi) is 3.66. The van der Waals surface area contributed by atoms with E-state index in [4.69, 9.17) is 11.5 Å². The van der Waals surface area contributed by atoms with Crippen molar-refractivity contribution in [2.75, 3.05) is 11.1 Å².